The molecule has 2 heterocycles. The molecule has 0 saturated carbocycles. The first-order valence-corrected chi connectivity index (χ1v) is 6.26. The minimum absolute atomic E-state index is 0.382. The predicted molar refractivity (Wildman–Crippen MR) is 74.1 cm³/mol. The van der Waals surface area contributed by atoms with Crippen molar-refractivity contribution in [1.29, 1.82) is 0 Å². The minimum atomic E-state index is -1.38. The fourth-order valence-electron chi connectivity index (χ4n) is 1.90. The van der Waals surface area contributed by atoms with Gasteiger partial charge in [0.15, 0.2) is 17.5 Å². The summed E-state index contributed by atoms with van der Waals surface area (Å²) in [5.41, 5.74) is 0.850. The van der Waals surface area contributed by atoms with Crippen LogP contribution >= 0.6 is 11.6 Å². The normalized spacial score (nSPS) is 10.9. The van der Waals surface area contributed by atoms with Crippen LogP contribution in [0.25, 0.3) is 10.9 Å². The number of hydrogen-bond donors (Lipinski definition) is 1. The Morgan fingerprint density at radius 2 is 1.86 bits per heavy atom. The van der Waals surface area contributed by atoms with Crippen LogP contribution < -0.4 is 5.32 Å². The number of anilines is 2. The highest BCUT2D eigenvalue weighted by molar-refractivity contribution is 6.35. The van der Waals surface area contributed by atoms with Gasteiger partial charge in [-0.3, -0.25) is 4.98 Å². The molecular weight excluding hydrogens is 303 g/mol. The van der Waals surface area contributed by atoms with Crippen molar-refractivity contribution in [2.24, 2.45) is 0 Å². The number of nitrogens with zero attached hydrogens (tertiary/aromatic N) is 2. The Morgan fingerprint density at radius 1 is 1.05 bits per heavy atom. The molecule has 3 nitrogen and oxygen atoms in total. The van der Waals surface area contributed by atoms with Crippen LogP contribution in [-0.2, 0) is 0 Å². The number of pyridine rings is 2. The Bertz CT molecular complexity index is 839. The second-order valence-electron chi connectivity index (χ2n) is 4.21. The maximum atomic E-state index is 13.6. The molecule has 7 heteroatoms. The van der Waals surface area contributed by atoms with Gasteiger partial charge in [0.1, 0.15) is 0 Å². The lowest BCUT2D eigenvalue weighted by Crippen LogP contribution is -2.02. The van der Waals surface area contributed by atoms with E-state index in [0.29, 0.717) is 27.7 Å². The molecule has 0 aliphatic carbocycles. The second kappa shape index (κ2) is 5.21. The number of nitrogens with one attached hydrogen (secondary N) is 1. The maximum Gasteiger partial charge on any atom is 0.251 e. The molecule has 21 heavy (non-hydrogen) atoms. The highest BCUT2D eigenvalue weighted by Gasteiger charge is 2.13. The molecule has 0 unspecified atom stereocenters. The first kappa shape index (κ1) is 13.6. The number of aromatic nitrogens is 2. The first-order chi connectivity index (χ1) is 10.1. The number of rotatable bonds is 2. The molecule has 0 saturated heterocycles. The van der Waals surface area contributed by atoms with Gasteiger partial charge in [-0.25, -0.2) is 8.78 Å². The average Bonchev–Trinajstić information content (AvgIpc) is 2.48. The van der Waals surface area contributed by atoms with Crippen LogP contribution in [0.1, 0.15) is 0 Å². The largest absolute Gasteiger partial charge is 0.336 e. The van der Waals surface area contributed by atoms with Crippen LogP contribution in [0.3, 0.4) is 0 Å². The van der Waals surface area contributed by atoms with Crippen molar-refractivity contribution in [2.45, 2.75) is 0 Å². The van der Waals surface area contributed by atoms with Gasteiger partial charge in [0, 0.05) is 17.6 Å². The second-order valence-corrected chi connectivity index (χ2v) is 4.62. The smallest absolute Gasteiger partial charge is 0.251 e. The zero-order valence-electron chi connectivity index (χ0n) is 10.4. The zero-order valence-corrected chi connectivity index (χ0v) is 11.1. The molecule has 0 bridgehead atoms. The van der Waals surface area contributed by atoms with Gasteiger partial charge in [0.05, 0.1) is 16.2 Å². The van der Waals surface area contributed by atoms with E-state index in [1.807, 2.05) is 0 Å². The molecule has 0 spiro atoms. The average molecular weight is 310 g/mol. The van der Waals surface area contributed by atoms with Crippen molar-refractivity contribution in [1.82, 2.24) is 9.97 Å². The highest BCUT2D eigenvalue weighted by atomic mass is 35.5. The SMILES string of the molecule is Fc1cc(F)c(Nc2ccc(Cl)c3cccnc23)nc1F. The van der Waals surface area contributed by atoms with Crippen LogP contribution in [0, 0.1) is 17.6 Å². The third kappa shape index (κ3) is 2.50. The van der Waals surface area contributed by atoms with E-state index in [4.69, 9.17) is 11.6 Å². The van der Waals surface area contributed by atoms with Gasteiger partial charge < -0.3 is 5.32 Å². The highest BCUT2D eigenvalue weighted by Crippen LogP contribution is 2.30. The fourth-order valence-corrected chi connectivity index (χ4v) is 2.11. The van der Waals surface area contributed by atoms with Crippen LogP contribution in [-0.4, -0.2) is 9.97 Å². The topological polar surface area (TPSA) is 37.8 Å². The standard InChI is InChI=1S/C14H7ClF3N3/c15-8-3-4-11(12-7(8)2-1-5-19-12)20-14-10(17)6-9(16)13(18)21-14/h1-6H,(H,20,21). The quantitative estimate of drug-likeness (QED) is 0.711. The van der Waals surface area contributed by atoms with Gasteiger partial charge in [-0.2, -0.15) is 9.37 Å². The van der Waals surface area contributed by atoms with Crippen molar-refractivity contribution in [3.05, 3.63) is 59.1 Å². The van der Waals surface area contributed by atoms with Gasteiger partial charge in [-0.05, 0) is 24.3 Å². The van der Waals surface area contributed by atoms with Gasteiger partial charge in [0.2, 0.25) is 0 Å². The third-order valence-electron chi connectivity index (χ3n) is 2.86. The summed E-state index contributed by atoms with van der Waals surface area (Å²) in [6.45, 7) is 0. The van der Waals surface area contributed by atoms with E-state index in [1.54, 1.807) is 30.5 Å². The molecule has 3 rings (SSSR count). The van der Waals surface area contributed by atoms with E-state index in [-0.39, 0.29) is 0 Å². The van der Waals surface area contributed by atoms with Crippen molar-refractivity contribution >= 4 is 34.0 Å². The summed E-state index contributed by atoms with van der Waals surface area (Å²) in [4.78, 5) is 7.35. The lowest BCUT2D eigenvalue weighted by Gasteiger charge is -2.10. The summed E-state index contributed by atoms with van der Waals surface area (Å²) in [7, 11) is 0. The molecule has 0 radical (unpaired) electrons. The summed E-state index contributed by atoms with van der Waals surface area (Å²) in [5.74, 6) is -4.17. The van der Waals surface area contributed by atoms with Crippen LogP contribution in [0.15, 0.2) is 36.5 Å². The molecule has 106 valence electrons. The van der Waals surface area contributed by atoms with Crippen LogP contribution in [0.5, 0.6) is 0 Å². The summed E-state index contributed by atoms with van der Waals surface area (Å²) < 4.78 is 39.6. The molecule has 0 aliphatic heterocycles. The Hall–Kier alpha value is -2.34. The predicted octanol–water partition coefficient (Wildman–Crippen LogP) is 4.44. The molecule has 0 aliphatic rings. The third-order valence-corrected chi connectivity index (χ3v) is 3.19. The number of benzene rings is 1. The molecule has 0 amide bonds. The van der Waals surface area contributed by atoms with Crippen molar-refractivity contribution in [3.8, 4) is 0 Å². The summed E-state index contributed by atoms with van der Waals surface area (Å²) >= 11 is 6.04. The van der Waals surface area contributed by atoms with E-state index >= 15 is 0 Å². The first-order valence-electron chi connectivity index (χ1n) is 5.88. The van der Waals surface area contributed by atoms with E-state index in [0.717, 1.165) is 0 Å². The zero-order chi connectivity index (χ0) is 15.0. The van der Waals surface area contributed by atoms with E-state index in [1.165, 1.54) is 0 Å². The van der Waals surface area contributed by atoms with E-state index < -0.39 is 23.4 Å². The summed E-state index contributed by atoms with van der Waals surface area (Å²) in [5, 5.41) is 3.72. The minimum Gasteiger partial charge on any atom is -0.336 e. The number of hydrogen-bond acceptors (Lipinski definition) is 3. The molecule has 1 aromatic carbocycles. The Morgan fingerprint density at radius 3 is 2.67 bits per heavy atom. The van der Waals surface area contributed by atoms with Crippen molar-refractivity contribution < 1.29 is 13.2 Å². The molecule has 2 aromatic heterocycles. The monoisotopic (exact) mass is 309 g/mol. The molecule has 0 atom stereocenters. The Kier molecular flexibility index (Phi) is 3.39. The van der Waals surface area contributed by atoms with E-state index in [2.05, 4.69) is 15.3 Å². The van der Waals surface area contributed by atoms with Crippen molar-refractivity contribution in [2.75, 3.05) is 5.32 Å². The van der Waals surface area contributed by atoms with E-state index in [9.17, 15) is 13.2 Å². The molecule has 3 aromatic rings. The van der Waals surface area contributed by atoms with Gasteiger partial charge in [-0.15, -0.1) is 0 Å². The summed E-state index contributed by atoms with van der Waals surface area (Å²) in [6, 6.07) is 7.02. The number of fused-ring (bicyclic) bond motifs is 1. The molecule has 1 N–H and O–H groups in total. The maximum absolute atomic E-state index is 13.6. The lowest BCUT2D eigenvalue weighted by molar-refractivity contribution is 0.467. The molecular formula is C14H7ClF3N3. The lowest BCUT2D eigenvalue weighted by atomic mass is 10.2. The molecule has 0 fully saturated rings. The Labute approximate surface area is 122 Å². The fraction of sp³-hybridized carbons (Fsp3) is 0. The van der Waals surface area contributed by atoms with Gasteiger partial charge in [-0.1, -0.05) is 11.6 Å². The Balaban J connectivity index is 2.11. The van der Waals surface area contributed by atoms with Crippen LogP contribution in [0.2, 0.25) is 5.02 Å². The van der Waals surface area contributed by atoms with Gasteiger partial charge >= 0.3 is 0 Å². The van der Waals surface area contributed by atoms with Crippen LogP contribution in [0.4, 0.5) is 24.7 Å². The van der Waals surface area contributed by atoms with Gasteiger partial charge in [0.25, 0.3) is 5.95 Å². The summed E-state index contributed by atoms with van der Waals surface area (Å²) in [6.07, 6.45) is 1.54. The number of halogens is 4. The van der Waals surface area contributed by atoms with Crippen molar-refractivity contribution in [3.63, 3.8) is 0 Å².